The van der Waals surface area contributed by atoms with Gasteiger partial charge in [-0.15, -0.1) is 0 Å². The van der Waals surface area contributed by atoms with E-state index in [9.17, 15) is 4.79 Å². The molecule has 0 aromatic heterocycles. The monoisotopic (exact) mass is 153 g/mol. The average molecular weight is 153 g/mol. The normalized spacial score (nSPS) is 24.8. The number of carbonyl (C=O) groups is 1. The molecule has 1 fully saturated rings. The van der Waals surface area contributed by atoms with Crippen molar-refractivity contribution in [3.63, 3.8) is 0 Å². The largest absolute Gasteiger partial charge is 0.336 e. The van der Waals surface area contributed by atoms with Crippen molar-refractivity contribution in [2.24, 2.45) is 0 Å². The summed E-state index contributed by atoms with van der Waals surface area (Å²) in [6.07, 6.45) is 4.94. The second-order valence-corrected chi connectivity index (χ2v) is 3.08. The molecule has 0 aromatic rings. The summed E-state index contributed by atoms with van der Waals surface area (Å²) >= 11 is 0. The maximum atomic E-state index is 11.2. The molecule has 0 aromatic carbocycles. The maximum absolute atomic E-state index is 11.2. The van der Waals surface area contributed by atoms with Gasteiger partial charge in [0.2, 0.25) is 5.91 Å². The molecule has 1 aliphatic heterocycles. The third-order valence-electron chi connectivity index (χ3n) is 2.26. The van der Waals surface area contributed by atoms with E-state index < -0.39 is 0 Å². The van der Waals surface area contributed by atoms with Crippen molar-refractivity contribution >= 4 is 5.91 Å². The van der Waals surface area contributed by atoms with Gasteiger partial charge in [0.15, 0.2) is 0 Å². The molecule has 2 heteroatoms. The highest BCUT2D eigenvalue weighted by Gasteiger charge is 2.20. The topological polar surface area (TPSA) is 20.3 Å². The number of nitrogens with zero attached hydrogens (tertiary/aromatic N) is 1. The van der Waals surface area contributed by atoms with Crippen LogP contribution in [-0.2, 0) is 4.79 Å². The summed E-state index contributed by atoms with van der Waals surface area (Å²) in [5.74, 6) is 0.0807. The Kier molecular flexibility index (Phi) is 2.69. The lowest BCUT2D eigenvalue weighted by molar-refractivity contribution is -0.129. The Labute approximate surface area is 67.9 Å². The molecule has 1 unspecified atom stereocenters. The van der Waals surface area contributed by atoms with Gasteiger partial charge in [0.1, 0.15) is 0 Å². The number of hydrogen-bond donors (Lipinski definition) is 0. The van der Waals surface area contributed by atoms with Crippen LogP contribution in [0.5, 0.6) is 0 Å². The fourth-order valence-electron chi connectivity index (χ4n) is 1.54. The van der Waals surface area contributed by atoms with E-state index in [1.54, 1.807) is 0 Å². The standard InChI is InChI=1S/C9H15NO/c1-3-9(11)10-7-5-4-6-8(10)2/h3,8H,1,4-7H2,2H3. The smallest absolute Gasteiger partial charge is 0.246 e. The van der Waals surface area contributed by atoms with Gasteiger partial charge < -0.3 is 4.90 Å². The van der Waals surface area contributed by atoms with Gasteiger partial charge in [-0.25, -0.2) is 0 Å². The van der Waals surface area contributed by atoms with E-state index in [0.717, 1.165) is 19.4 Å². The summed E-state index contributed by atoms with van der Waals surface area (Å²) < 4.78 is 0. The predicted molar refractivity (Wildman–Crippen MR) is 45.2 cm³/mol. The van der Waals surface area contributed by atoms with Gasteiger partial charge in [0, 0.05) is 12.6 Å². The van der Waals surface area contributed by atoms with Gasteiger partial charge in [-0.3, -0.25) is 4.79 Å². The number of likely N-dealkylation sites (tertiary alicyclic amines) is 1. The number of amides is 1. The Morgan fingerprint density at radius 3 is 2.91 bits per heavy atom. The molecule has 0 bridgehead atoms. The van der Waals surface area contributed by atoms with Crippen LogP contribution in [0.4, 0.5) is 0 Å². The second kappa shape index (κ2) is 3.56. The zero-order valence-electron chi connectivity index (χ0n) is 7.05. The second-order valence-electron chi connectivity index (χ2n) is 3.08. The first-order chi connectivity index (χ1) is 5.25. The van der Waals surface area contributed by atoms with Gasteiger partial charge in [0.05, 0.1) is 0 Å². The number of rotatable bonds is 1. The summed E-state index contributed by atoms with van der Waals surface area (Å²) in [6, 6.07) is 0.411. The molecule has 0 N–H and O–H groups in total. The molecule has 1 atom stereocenters. The molecule has 0 saturated carbocycles. The Bertz CT molecular complexity index is 165. The third-order valence-corrected chi connectivity index (χ3v) is 2.26. The Morgan fingerprint density at radius 1 is 1.64 bits per heavy atom. The maximum Gasteiger partial charge on any atom is 0.246 e. The fourth-order valence-corrected chi connectivity index (χ4v) is 1.54. The molecular weight excluding hydrogens is 138 g/mol. The van der Waals surface area contributed by atoms with Crippen molar-refractivity contribution in [1.82, 2.24) is 4.90 Å². The Balaban J connectivity index is 2.53. The van der Waals surface area contributed by atoms with Crippen molar-refractivity contribution in [3.05, 3.63) is 12.7 Å². The predicted octanol–water partition coefficient (Wildman–Crippen LogP) is 1.57. The van der Waals surface area contributed by atoms with E-state index in [1.165, 1.54) is 12.5 Å². The Hall–Kier alpha value is -0.790. The first kappa shape index (κ1) is 8.31. The van der Waals surface area contributed by atoms with Crippen LogP contribution in [0.15, 0.2) is 12.7 Å². The van der Waals surface area contributed by atoms with Crippen molar-refractivity contribution in [2.45, 2.75) is 32.2 Å². The van der Waals surface area contributed by atoms with Crippen molar-refractivity contribution in [2.75, 3.05) is 6.54 Å². The molecule has 11 heavy (non-hydrogen) atoms. The number of hydrogen-bond acceptors (Lipinski definition) is 1. The highest BCUT2D eigenvalue weighted by molar-refractivity contribution is 5.87. The van der Waals surface area contributed by atoms with Crippen molar-refractivity contribution in [3.8, 4) is 0 Å². The molecule has 2 nitrogen and oxygen atoms in total. The first-order valence-corrected chi connectivity index (χ1v) is 4.18. The lowest BCUT2D eigenvalue weighted by atomic mass is 10.0. The highest BCUT2D eigenvalue weighted by atomic mass is 16.2. The molecular formula is C9H15NO. The molecule has 1 rings (SSSR count). The van der Waals surface area contributed by atoms with E-state index >= 15 is 0 Å². The van der Waals surface area contributed by atoms with Gasteiger partial charge in [-0.2, -0.15) is 0 Å². The zero-order chi connectivity index (χ0) is 8.27. The van der Waals surface area contributed by atoms with Gasteiger partial charge >= 0.3 is 0 Å². The van der Waals surface area contributed by atoms with E-state index in [1.807, 2.05) is 4.90 Å². The summed E-state index contributed by atoms with van der Waals surface area (Å²) in [5, 5.41) is 0. The van der Waals surface area contributed by atoms with Crippen LogP contribution in [0.1, 0.15) is 26.2 Å². The lowest BCUT2D eigenvalue weighted by Gasteiger charge is -2.32. The van der Waals surface area contributed by atoms with E-state index in [2.05, 4.69) is 13.5 Å². The zero-order valence-corrected chi connectivity index (χ0v) is 7.05. The molecule has 62 valence electrons. The van der Waals surface area contributed by atoms with Crippen LogP contribution in [0.25, 0.3) is 0 Å². The average Bonchev–Trinajstić information content (AvgIpc) is 2.04. The van der Waals surface area contributed by atoms with E-state index in [0.29, 0.717) is 6.04 Å². The van der Waals surface area contributed by atoms with E-state index in [-0.39, 0.29) is 5.91 Å². The van der Waals surface area contributed by atoms with Crippen LogP contribution in [0, 0.1) is 0 Å². The SMILES string of the molecule is C=CC(=O)N1CCCCC1C. The highest BCUT2D eigenvalue weighted by Crippen LogP contribution is 2.16. The molecule has 1 aliphatic rings. The van der Waals surface area contributed by atoms with Crippen LogP contribution in [-0.4, -0.2) is 23.4 Å². The Morgan fingerprint density at radius 2 is 2.36 bits per heavy atom. The van der Waals surface area contributed by atoms with Crippen LogP contribution < -0.4 is 0 Å². The van der Waals surface area contributed by atoms with Gasteiger partial charge in [-0.05, 0) is 32.3 Å². The fraction of sp³-hybridized carbons (Fsp3) is 0.667. The number of piperidine rings is 1. The lowest BCUT2D eigenvalue weighted by Crippen LogP contribution is -2.40. The van der Waals surface area contributed by atoms with Crippen molar-refractivity contribution < 1.29 is 4.79 Å². The van der Waals surface area contributed by atoms with Crippen molar-refractivity contribution in [1.29, 1.82) is 0 Å². The molecule has 1 heterocycles. The minimum absolute atomic E-state index is 0.0807. The van der Waals surface area contributed by atoms with Crippen LogP contribution in [0.2, 0.25) is 0 Å². The van der Waals surface area contributed by atoms with Gasteiger partial charge in [0.25, 0.3) is 0 Å². The van der Waals surface area contributed by atoms with Gasteiger partial charge in [-0.1, -0.05) is 6.58 Å². The molecule has 1 saturated heterocycles. The molecule has 1 amide bonds. The first-order valence-electron chi connectivity index (χ1n) is 4.18. The van der Waals surface area contributed by atoms with Crippen LogP contribution >= 0.6 is 0 Å². The quantitative estimate of drug-likeness (QED) is 0.524. The van der Waals surface area contributed by atoms with E-state index in [4.69, 9.17) is 0 Å². The minimum Gasteiger partial charge on any atom is -0.336 e. The summed E-state index contributed by atoms with van der Waals surface area (Å²) in [4.78, 5) is 13.1. The molecule has 0 spiro atoms. The summed E-state index contributed by atoms with van der Waals surface area (Å²) in [7, 11) is 0. The molecule has 0 aliphatic carbocycles. The van der Waals surface area contributed by atoms with Crippen LogP contribution in [0.3, 0.4) is 0 Å². The molecule has 0 radical (unpaired) electrons. The minimum atomic E-state index is 0.0807. The number of carbonyl (C=O) groups excluding carboxylic acids is 1. The summed E-state index contributed by atoms with van der Waals surface area (Å²) in [5.41, 5.74) is 0. The summed E-state index contributed by atoms with van der Waals surface area (Å²) in [6.45, 7) is 6.49. The third kappa shape index (κ3) is 1.82.